The van der Waals surface area contributed by atoms with E-state index in [0.29, 0.717) is 10.7 Å². The second kappa shape index (κ2) is 9.38. The predicted octanol–water partition coefficient (Wildman–Crippen LogP) is 2.77. The van der Waals surface area contributed by atoms with Crippen molar-refractivity contribution in [2.24, 2.45) is 0 Å². The Hall–Kier alpha value is -2.84. The minimum atomic E-state index is -1.41. The van der Waals surface area contributed by atoms with E-state index >= 15 is 0 Å². The molecule has 3 aromatic rings. The van der Waals surface area contributed by atoms with Gasteiger partial charge < -0.3 is 10.1 Å². The van der Waals surface area contributed by atoms with Crippen molar-refractivity contribution in [1.82, 2.24) is 20.3 Å². The summed E-state index contributed by atoms with van der Waals surface area (Å²) in [7, 11) is -1.41. The zero-order valence-corrected chi connectivity index (χ0v) is 16.5. The van der Waals surface area contributed by atoms with Gasteiger partial charge in [0.2, 0.25) is 11.0 Å². The van der Waals surface area contributed by atoms with E-state index in [1.54, 1.807) is 36.5 Å². The number of amides is 1. The zero-order valence-electron chi connectivity index (χ0n) is 15.0. The predicted molar refractivity (Wildman–Crippen MR) is 106 cm³/mol. The van der Waals surface area contributed by atoms with E-state index in [1.165, 1.54) is 12.5 Å². The van der Waals surface area contributed by atoms with Crippen molar-refractivity contribution in [3.8, 4) is 5.88 Å². The first-order chi connectivity index (χ1) is 13.5. The number of pyridine rings is 1. The third-order valence-corrected chi connectivity index (χ3v) is 4.60. The summed E-state index contributed by atoms with van der Waals surface area (Å²) in [6.07, 6.45) is 4.41. The molecule has 3 rings (SSSR count). The molecule has 0 aliphatic carbocycles. The first-order valence-corrected chi connectivity index (χ1v) is 10.2. The largest absolute Gasteiger partial charge is 0.472 e. The van der Waals surface area contributed by atoms with Gasteiger partial charge in [0, 0.05) is 23.7 Å². The summed E-state index contributed by atoms with van der Waals surface area (Å²) in [5.74, 6) is -0.362. The van der Waals surface area contributed by atoms with Crippen molar-refractivity contribution in [3.63, 3.8) is 0 Å². The highest BCUT2D eigenvalue weighted by Gasteiger charge is 2.18. The molecule has 2 heterocycles. The number of hydrogen-bond acceptors (Lipinski definition) is 6. The van der Waals surface area contributed by atoms with Gasteiger partial charge >= 0.3 is 0 Å². The van der Waals surface area contributed by atoms with Crippen molar-refractivity contribution < 1.29 is 13.7 Å². The van der Waals surface area contributed by atoms with E-state index in [4.69, 9.17) is 16.3 Å². The summed E-state index contributed by atoms with van der Waals surface area (Å²) in [5.41, 5.74) is 1.67. The van der Waals surface area contributed by atoms with E-state index < -0.39 is 16.7 Å². The van der Waals surface area contributed by atoms with E-state index in [0.717, 1.165) is 5.56 Å². The number of aromatic nitrogens is 3. The summed E-state index contributed by atoms with van der Waals surface area (Å²) in [6, 6.07) is 12.6. The fraction of sp³-hybridized carbons (Fsp3) is 0.158. The molecular formula is C19H17ClN4O3S. The van der Waals surface area contributed by atoms with E-state index in [1.807, 2.05) is 12.1 Å². The van der Waals surface area contributed by atoms with Gasteiger partial charge in [0.15, 0.2) is 0 Å². The Morgan fingerprint density at radius 1 is 1.21 bits per heavy atom. The molecule has 28 heavy (non-hydrogen) atoms. The smallest absolute Gasteiger partial charge is 0.258 e. The molecule has 9 heteroatoms. The molecule has 1 atom stereocenters. The van der Waals surface area contributed by atoms with Gasteiger partial charge in [-0.3, -0.25) is 14.0 Å². The summed E-state index contributed by atoms with van der Waals surface area (Å²) < 4.78 is 17.4. The number of halogens is 1. The topological polar surface area (TPSA) is 94.1 Å². The second-order valence-corrected chi connectivity index (χ2v) is 7.46. The van der Waals surface area contributed by atoms with E-state index in [9.17, 15) is 9.00 Å². The Morgan fingerprint density at radius 3 is 2.79 bits per heavy atom. The molecule has 1 aromatic carbocycles. The standard InChI is InChI=1S/C19H17ClN4O3S/c1-28(26)19-23-11-16(17(25)22-10-15-7-2-3-8-21-15)18(24-19)27-12-13-5-4-6-14(20)9-13/h2-9,11H,10,12H2,1H3,(H,22,25). The highest BCUT2D eigenvalue weighted by Crippen LogP contribution is 2.19. The molecule has 0 aliphatic rings. The maximum absolute atomic E-state index is 12.6. The quantitative estimate of drug-likeness (QED) is 0.595. The Kier molecular flexibility index (Phi) is 6.67. The van der Waals surface area contributed by atoms with Crippen LogP contribution in [0.25, 0.3) is 0 Å². The monoisotopic (exact) mass is 416 g/mol. The van der Waals surface area contributed by atoms with Crippen molar-refractivity contribution >= 4 is 28.3 Å². The van der Waals surface area contributed by atoms with E-state index in [-0.39, 0.29) is 29.8 Å². The van der Waals surface area contributed by atoms with Gasteiger partial charge in [-0.05, 0) is 29.8 Å². The Labute approximate surface area is 169 Å². The van der Waals surface area contributed by atoms with Crippen LogP contribution in [0.1, 0.15) is 21.6 Å². The first-order valence-electron chi connectivity index (χ1n) is 8.29. The lowest BCUT2D eigenvalue weighted by Crippen LogP contribution is -2.24. The third-order valence-electron chi connectivity index (χ3n) is 3.65. The Bertz CT molecular complexity index is 1000. The van der Waals surface area contributed by atoms with Crippen LogP contribution in [-0.2, 0) is 24.0 Å². The number of hydrogen-bond donors (Lipinski definition) is 1. The van der Waals surface area contributed by atoms with Gasteiger partial charge in [-0.15, -0.1) is 0 Å². The van der Waals surface area contributed by atoms with Crippen LogP contribution < -0.4 is 10.1 Å². The third kappa shape index (κ3) is 5.34. The van der Waals surface area contributed by atoms with Crippen molar-refractivity contribution in [3.05, 3.63) is 76.7 Å². The lowest BCUT2D eigenvalue weighted by Gasteiger charge is -2.11. The normalized spacial score (nSPS) is 11.6. The summed E-state index contributed by atoms with van der Waals surface area (Å²) >= 11 is 5.98. The fourth-order valence-corrected chi connectivity index (χ4v) is 2.93. The van der Waals surface area contributed by atoms with Crippen LogP contribution in [0.3, 0.4) is 0 Å². The minimum absolute atomic E-state index is 0.0543. The summed E-state index contributed by atoms with van der Waals surface area (Å²) in [6.45, 7) is 0.392. The molecule has 0 bridgehead atoms. The van der Waals surface area contributed by atoms with Gasteiger partial charge in [0.1, 0.15) is 12.2 Å². The van der Waals surface area contributed by atoms with Crippen LogP contribution in [0.4, 0.5) is 0 Å². The van der Waals surface area contributed by atoms with Crippen LogP contribution in [0.2, 0.25) is 5.02 Å². The summed E-state index contributed by atoms with van der Waals surface area (Å²) in [5, 5.41) is 3.42. The average molecular weight is 417 g/mol. The number of carbonyl (C=O) groups excluding carboxylic acids is 1. The Morgan fingerprint density at radius 2 is 2.07 bits per heavy atom. The van der Waals surface area contributed by atoms with Gasteiger partial charge in [0.05, 0.1) is 23.0 Å². The number of benzene rings is 1. The lowest BCUT2D eigenvalue weighted by molar-refractivity contribution is 0.0944. The molecule has 0 spiro atoms. The molecule has 1 N–H and O–H groups in total. The van der Waals surface area contributed by atoms with Gasteiger partial charge in [-0.1, -0.05) is 29.8 Å². The van der Waals surface area contributed by atoms with Crippen molar-refractivity contribution in [2.45, 2.75) is 18.3 Å². The maximum Gasteiger partial charge on any atom is 0.258 e. The van der Waals surface area contributed by atoms with Gasteiger partial charge in [0.25, 0.3) is 5.91 Å². The molecular weight excluding hydrogens is 400 g/mol. The molecule has 144 valence electrons. The SMILES string of the molecule is CS(=O)c1ncc(C(=O)NCc2ccccn2)c(OCc2cccc(Cl)c2)n1. The molecule has 0 fully saturated rings. The van der Waals surface area contributed by atoms with Crippen molar-refractivity contribution in [2.75, 3.05) is 6.26 Å². The molecule has 0 saturated heterocycles. The molecule has 0 saturated carbocycles. The zero-order chi connectivity index (χ0) is 19.9. The highest BCUT2D eigenvalue weighted by atomic mass is 35.5. The lowest BCUT2D eigenvalue weighted by atomic mass is 10.2. The molecule has 1 amide bonds. The van der Waals surface area contributed by atoms with Crippen LogP contribution in [-0.4, -0.2) is 31.3 Å². The van der Waals surface area contributed by atoms with E-state index in [2.05, 4.69) is 20.3 Å². The maximum atomic E-state index is 12.6. The Balaban J connectivity index is 1.78. The number of rotatable bonds is 7. The molecule has 1 unspecified atom stereocenters. The molecule has 7 nitrogen and oxygen atoms in total. The average Bonchev–Trinajstić information content (AvgIpc) is 2.71. The van der Waals surface area contributed by atoms with Gasteiger partial charge in [-0.2, -0.15) is 4.98 Å². The minimum Gasteiger partial charge on any atom is -0.472 e. The second-order valence-electron chi connectivity index (χ2n) is 5.75. The molecule has 0 aliphatic heterocycles. The van der Waals surface area contributed by atoms with Crippen LogP contribution in [0.5, 0.6) is 5.88 Å². The van der Waals surface area contributed by atoms with Crippen LogP contribution in [0, 0.1) is 0 Å². The van der Waals surface area contributed by atoms with Gasteiger partial charge in [-0.25, -0.2) is 4.98 Å². The van der Waals surface area contributed by atoms with Crippen LogP contribution in [0.15, 0.2) is 60.0 Å². The number of nitrogens with zero attached hydrogens (tertiary/aromatic N) is 3. The fourth-order valence-electron chi connectivity index (χ4n) is 2.30. The number of nitrogens with one attached hydrogen (secondary N) is 1. The summed E-state index contributed by atoms with van der Waals surface area (Å²) in [4.78, 5) is 24.9. The number of carbonyl (C=O) groups is 1. The molecule has 2 aromatic heterocycles. The first kappa shape index (κ1) is 19.9. The highest BCUT2D eigenvalue weighted by molar-refractivity contribution is 7.84. The molecule has 0 radical (unpaired) electrons. The van der Waals surface area contributed by atoms with Crippen molar-refractivity contribution in [1.29, 1.82) is 0 Å². The number of ether oxygens (including phenoxy) is 1. The van der Waals surface area contributed by atoms with Crippen LogP contribution >= 0.6 is 11.6 Å².